The summed E-state index contributed by atoms with van der Waals surface area (Å²) >= 11 is 1.40. The number of aryl methyl sites for hydroxylation is 1. The lowest BCUT2D eigenvalue weighted by Gasteiger charge is -2.05. The van der Waals surface area contributed by atoms with E-state index in [1.54, 1.807) is 13.1 Å². The Balaban J connectivity index is 2.08. The lowest BCUT2D eigenvalue weighted by Crippen LogP contribution is -2.04. The molecule has 2 aromatic rings. The van der Waals surface area contributed by atoms with E-state index in [0.29, 0.717) is 17.2 Å². The smallest absolute Gasteiger partial charge is 0.173 e. The third-order valence-electron chi connectivity index (χ3n) is 2.23. The van der Waals surface area contributed by atoms with Gasteiger partial charge in [-0.05, 0) is 11.4 Å². The summed E-state index contributed by atoms with van der Waals surface area (Å²) in [7, 11) is 1.91. The van der Waals surface area contributed by atoms with Crippen LogP contribution in [0.1, 0.15) is 22.4 Å². The predicted octanol–water partition coefficient (Wildman–Crippen LogP) is 2.26. The van der Waals surface area contributed by atoms with Gasteiger partial charge >= 0.3 is 0 Å². The number of thiophene rings is 1. The molecule has 84 valence electrons. The molecule has 16 heavy (non-hydrogen) atoms. The molecule has 0 atom stereocenters. The second-order valence-electron chi connectivity index (χ2n) is 3.41. The minimum atomic E-state index is 0.0323. The number of imidazole rings is 1. The van der Waals surface area contributed by atoms with Crippen molar-refractivity contribution in [3.8, 4) is 5.75 Å². The van der Waals surface area contributed by atoms with E-state index in [0.717, 1.165) is 5.82 Å². The molecule has 0 aliphatic carbocycles. The van der Waals surface area contributed by atoms with Crippen LogP contribution in [0.15, 0.2) is 23.8 Å². The van der Waals surface area contributed by atoms with Gasteiger partial charge in [-0.3, -0.25) is 4.79 Å². The highest BCUT2D eigenvalue weighted by Crippen LogP contribution is 2.25. The van der Waals surface area contributed by atoms with Crippen LogP contribution in [0.4, 0.5) is 0 Å². The van der Waals surface area contributed by atoms with Crippen LogP contribution < -0.4 is 4.74 Å². The Morgan fingerprint density at radius 2 is 2.44 bits per heavy atom. The standard InChI is InChI=1S/C11H12N2O2S/c1-8(14)11-9(3-6-16-11)15-7-10-12-4-5-13(10)2/h3-6H,7H2,1-2H3. The molecule has 0 saturated carbocycles. The molecule has 4 nitrogen and oxygen atoms in total. The molecule has 0 aliphatic rings. The molecule has 5 heteroatoms. The van der Waals surface area contributed by atoms with Gasteiger partial charge in [0.05, 0.1) is 0 Å². The first-order valence-corrected chi connectivity index (χ1v) is 5.74. The van der Waals surface area contributed by atoms with Gasteiger partial charge in [0.25, 0.3) is 0 Å². The fraction of sp³-hybridized carbons (Fsp3) is 0.273. The van der Waals surface area contributed by atoms with Crippen LogP contribution in [0.5, 0.6) is 5.75 Å². The molecule has 2 heterocycles. The van der Waals surface area contributed by atoms with E-state index in [1.807, 2.05) is 29.3 Å². The molecule has 0 spiro atoms. The Bertz CT molecular complexity index is 502. The van der Waals surface area contributed by atoms with Crippen molar-refractivity contribution in [2.75, 3.05) is 0 Å². The lowest BCUT2D eigenvalue weighted by molar-refractivity contribution is 0.101. The quantitative estimate of drug-likeness (QED) is 0.765. The van der Waals surface area contributed by atoms with Crippen LogP contribution in [0.25, 0.3) is 0 Å². The summed E-state index contributed by atoms with van der Waals surface area (Å²) in [5.41, 5.74) is 0. The van der Waals surface area contributed by atoms with E-state index in [1.165, 1.54) is 11.3 Å². The summed E-state index contributed by atoms with van der Waals surface area (Å²) in [6.07, 6.45) is 3.58. The zero-order valence-electron chi connectivity index (χ0n) is 9.14. The number of rotatable bonds is 4. The van der Waals surface area contributed by atoms with Gasteiger partial charge in [-0.2, -0.15) is 0 Å². The normalized spacial score (nSPS) is 10.4. The first kappa shape index (κ1) is 10.9. The molecule has 0 aliphatic heterocycles. The van der Waals surface area contributed by atoms with Crippen molar-refractivity contribution in [3.05, 3.63) is 34.5 Å². The zero-order valence-corrected chi connectivity index (χ0v) is 9.95. The molecule has 0 N–H and O–H groups in total. The van der Waals surface area contributed by atoms with Crippen molar-refractivity contribution in [3.63, 3.8) is 0 Å². The number of ketones is 1. The van der Waals surface area contributed by atoms with Gasteiger partial charge in [-0.1, -0.05) is 0 Å². The summed E-state index contributed by atoms with van der Waals surface area (Å²) in [4.78, 5) is 16.1. The van der Waals surface area contributed by atoms with Gasteiger partial charge in [0, 0.05) is 26.4 Å². The number of aromatic nitrogens is 2. The molecule has 0 radical (unpaired) electrons. The summed E-state index contributed by atoms with van der Waals surface area (Å²) in [5, 5.41) is 1.85. The van der Waals surface area contributed by atoms with Gasteiger partial charge in [-0.25, -0.2) is 4.98 Å². The van der Waals surface area contributed by atoms with Crippen LogP contribution in [0.3, 0.4) is 0 Å². The van der Waals surface area contributed by atoms with Crippen LogP contribution in [-0.4, -0.2) is 15.3 Å². The Kier molecular flexibility index (Phi) is 3.05. The predicted molar refractivity (Wildman–Crippen MR) is 61.9 cm³/mol. The van der Waals surface area contributed by atoms with Gasteiger partial charge in [0.1, 0.15) is 23.1 Å². The van der Waals surface area contributed by atoms with Crippen molar-refractivity contribution >= 4 is 17.1 Å². The Morgan fingerprint density at radius 1 is 1.62 bits per heavy atom. The van der Waals surface area contributed by atoms with Crippen LogP contribution >= 0.6 is 11.3 Å². The Labute approximate surface area is 97.5 Å². The van der Waals surface area contributed by atoms with E-state index >= 15 is 0 Å². The minimum absolute atomic E-state index is 0.0323. The molecule has 0 bridgehead atoms. The fourth-order valence-electron chi connectivity index (χ4n) is 1.35. The van der Waals surface area contributed by atoms with E-state index in [2.05, 4.69) is 4.98 Å². The molecule has 2 rings (SSSR count). The highest BCUT2D eigenvalue weighted by molar-refractivity contribution is 7.12. The third kappa shape index (κ3) is 2.14. The molecular weight excluding hydrogens is 224 g/mol. The second kappa shape index (κ2) is 4.49. The number of Topliss-reactive ketones (excluding diaryl/α,β-unsaturated/α-hetero) is 1. The van der Waals surface area contributed by atoms with E-state index in [-0.39, 0.29) is 5.78 Å². The maximum absolute atomic E-state index is 11.3. The molecule has 2 aromatic heterocycles. The average Bonchev–Trinajstić information content (AvgIpc) is 2.83. The average molecular weight is 236 g/mol. The van der Waals surface area contributed by atoms with Crippen molar-refractivity contribution < 1.29 is 9.53 Å². The van der Waals surface area contributed by atoms with E-state index in [9.17, 15) is 4.79 Å². The fourth-order valence-corrected chi connectivity index (χ4v) is 2.08. The first-order chi connectivity index (χ1) is 7.68. The Morgan fingerprint density at radius 3 is 3.06 bits per heavy atom. The highest BCUT2D eigenvalue weighted by atomic mass is 32.1. The third-order valence-corrected chi connectivity index (χ3v) is 3.22. The van der Waals surface area contributed by atoms with Crippen LogP contribution in [-0.2, 0) is 13.7 Å². The number of hydrogen-bond donors (Lipinski definition) is 0. The summed E-state index contributed by atoms with van der Waals surface area (Å²) in [5.74, 6) is 1.51. The maximum atomic E-state index is 11.3. The first-order valence-electron chi connectivity index (χ1n) is 4.86. The maximum Gasteiger partial charge on any atom is 0.173 e. The van der Waals surface area contributed by atoms with Crippen LogP contribution in [0, 0.1) is 0 Å². The summed E-state index contributed by atoms with van der Waals surface area (Å²) < 4.78 is 7.46. The number of carbonyl (C=O) groups is 1. The zero-order chi connectivity index (χ0) is 11.5. The molecule has 0 amide bonds. The van der Waals surface area contributed by atoms with E-state index < -0.39 is 0 Å². The van der Waals surface area contributed by atoms with Crippen LogP contribution in [0.2, 0.25) is 0 Å². The lowest BCUT2D eigenvalue weighted by atomic mass is 10.3. The summed E-state index contributed by atoms with van der Waals surface area (Å²) in [6, 6.07) is 1.81. The van der Waals surface area contributed by atoms with Crippen molar-refractivity contribution in [1.82, 2.24) is 9.55 Å². The minimum Gasteiger partial charge on any atom is -0.484 e. The largest absolute Gasteiger partial charge is 0.484 e. The summed E-state index contributed by atoms with van der Waals surface area (Å²) in [6.45, 7) is 1.92. The SMILES string of the molecule is CC(=O)c1sccc1OCc1nccn1C. The molecule has 0 unspecified atom stereocenters. The topological polar surface area (TPSA) is 44.1 Å². The second-order valence-corrected chi connectivity index (χ2v) is 4.33. The van der Waals surface area contributed by atoms with Gasteiger partial charge in [0.15, 0.2) is 5.78 Å². The molecular formula is C11H12N2O2S. The molecule has 0 fully saturated rings. The monoisotopic (exact) mass is 236 g/mol. The van der Waals surface area contributed by atoms with Gasteiger partial charge < -0.3 is 9.30 Å². The molecule has 0 saturated heterocycles. The highest BCUT2D eigenvalue weighted by Gasteiger charge is 2.10. The van der Waals surface area contributed by atoms with Gasteiger partial charge in [0.2, 0.25) is 0 Å². The number of nitrogens with zero attached hydrogens (tertiary/aromatic N) is 2. The van der Waals surface area contributed by atoms with Gasteiger partial charge in [-0.15, -0.1) is 11.3 Å². The van der Waals surface area contributed by atoms with E-state index in [4.69, 9.17) is 4.74 Å². The molecule has 0 aromatic carbocycles. The number of carbonyl (C=O) groups excluding carboxylic acids is 1. The van der Waals surface area contributed by atoms with Crippen molar-refractivity contribution in [1.29, 1.82) is 0 Å². The van der Waals surface area contributed by atoms with Crippen molar-refractivity contribution in [2.24, 2.45) is 7.05 Å². The number of ether oxygens (including phenoxy) is 1. The Hall–Kier alpha value is -1.62. The van der Waals surface area contributed by atoms with Crippen molar-refractivity contribution in [2.45, 2.75) is 13.5 Å². The number of hydrogen-bond acceptors (Lipinski definition) is 4.